The largest absolute Gasteiger partial charge is 0.325 e. The highest BCUT2D eigenvalue weighted by Crippen LogP contribution is 2.24. The summed E-state index contributed by atoms with van der Waals surface area (Å²) in [6.07, 6.45) is 1.69. The van der Waals surface area contributed by atoms with Gasteiger partial charge in [0.25, 0.3) is 0 Å². The van der Waals surface area contributed by atoms with E-state index in [1.54, 1.807) is 10.9 Å². The van der Waals surface area contributed by atoms with E-state index in [0.717, 1.165) is 15.9 Å². The molecule has 0 radical (unpaired) electrons. The Kier molecular flexibility index (Phi) is 3.07. The number of rotatable bonds is 2. The molecule has 0 bridgehead atoms. The van der Waals surface area contributed by atoms with Crippen LogP contribution in [0, 0.1) is 13.8 Å². The summed E-state index contributed by atoms with van der Waals surface area (Å²) >= 11 is 3.54. The fraction of sp³-hybridized carbons (Fsp3) is 0.273. The van der Waals surface area contributed by atoms with Gasteiger partial charge in [-0.1, -0.05) is 21.1 Å². The summed E-state index contributed by atoms with van der Waals surface area (Å²) in [5.41, 5.74) is 9.88. The number of hydrogen-bond donors (Lipinski definition) is 1. The van der Waals surface area contributed by atoms with Gasteiger partial charge < -0.3 is 5.73 Å². The molecule has 0 aliphatic heterocycles. The summed E-state index contributed by atoms with van der Waals surface area (Å²) in [5.74, 6) is 0. The number of nitrogens with two attached hydrogens (primary N) is 1. The van der Waals surface area contributed by atoms with Gasteiger partial charge in [0.2, 0.25) is 0 Å². The maximum atomic E-state index is 5.63. The van der Waals surface area contributed by atoms with Crippen LogP contribution in [0.1, 0.15) is 16.8 Å². The fourth-order valence-electron chi connectivity index (χ4n) is 1.66. The van der Waals surface area contributed by atoms with E-state index in [4.69, 9.17) is 5.73 Å². The molecule has 16 heavy (non-hydrogen) atoms. The van der Waals surface area contributed by atoms with Gasteiger partial charge in [-0.25, -0.2) is 4.68 Å². The minimum Gasteiger partial charge on any atom is -0.325 e. The highest BCUT2D eigenvalue weighted by atomic mass is 79.9. The molecule has 5 heteroatoms. The molecule has 0 saturated carbocycles. The van der Waals surface area contributed by atoms with Gasteiger partial charge in [0, 0.05) is 11.0 Å². The van der Waals surface area contributed by atoms with Gasteiger partial charge in [-0.2, -0.15) is 0 Å². The average molecular weight is 281 g/mol. The summed E-state index contributed by atoms with van der Waals surface area (Å²) in [6, 6.07) is 4.12. The highest BCUT2D eigenvalue weighted by Gasteiger charge is 2.08. The quantitative estimate of drug-likeness (QED) is 0.917. The second-order valence-corrected chi connectivity index (χ2v) is 4.53. The van der Waals surface area contributed by atoms with E-state index in [2.05, 4.69) is 52.2 Å². The van der Waals surface area contributed by atoms with E-state index in [0.29, 0.717) is 6.54 Å². The fourth-order valence-corrected chi connectivity index (χ4v) is 1.89. The molecule has 0 fully saturated rings. The Labute approximate surface area is 103 Å². The third-order valence-electron chi connectivity index (χ3n) is 2.49. The lowest BCUT2D eigenvalue weighted by molar-refractivity contribution is 0.760. The van der Waals surface area contributed by atoms with Crippen molar-refractivity contribution in [1.29, 1.82) is 0 Å². The molecular formula is C11H13BrN4. The lowest BCUT2D eigenvalue weighted by atomic mass is 10.1. The normalized spacial score (nSPS) is 10.8. The summed E-state index contributed by atoms with van der Waals surface area (Å²) in [7, 11) is 0. The van der Waals surface area contributed by atoms with Gasteiger partial charge in [-0.15, -0.1) is 5.10 Å². The van der Waals surface area contributed by atoms with Crippen molar-refractivity contribution in [2.24, 2.45) is 5.73 Å². The topological polar surface area (TPSA) is 56.7 Å². The second kappa shape index (κ2) is 4.35. The van der Waals surface area contributed by atoms with Gasteiger partial charge in [0.05, 0.1) is 17.6 Å². The zero-order valence-corrected chi connectivity index (χ0v) is 10.8. The summed E-state index contributed by atoms with van der Waals surface area (Å²) in [6.45, 7) is 4.54. The van der Waals surface area contributed by atoms with Crippen LogP contribution in [0.25, 0.3) is 5.69 Å². The van der Waals surface area contributed by atoms with Gasteiger partial charge in [0.15, 0.2) is 0 Å². The van der Waals surface area contributed by atoms with Crippen LogP contribution < -0.4 is 5.73 Å². The van der Waals surface area contributed by atoms with Gasteiger partial charge in [0.1, 0.15) is 0 Å². The van der Waals surface area contributed by atoms with Crippen LogP contribution in [0.5, 0.6) is 0 Å². The van der Waals surface area contributed by atoms with Crippen molar-refractivity contribution in [3.63, 3.8) is 0 Å². The summed E-state index contributed by atoms with van der Waals surface area (Å²) < 4.78 is 2.90. The van der Waals surface area contributed by atoms with Gasteiger partial charge in [-0.3, -0.25) is 0 Å². The van der Waals surface area contributed by atoms with Crippen LogP contribution >= 0.6 is 15.9 Å². The molecule has 0 aliphatic carbocycles. The molecule has 0 spiro atoms. The molecule has 2 N–H and O–H groups in total. The first-order valence-electron chi connectivity index (χ1n) is 5.00. The Morgan fingerprint density at radius 2 is 1.94 bits per heavy atom. The van der Waals surface area contributed by atoms with E-state index in [-0.39, 0.29) is 0 Å². The van der Waals surface area contributed by atoms with E-state index in [1.807, 2.05) is 0 Å². The lowest BCUT2D eigenvalue weighted by Gasteiger charge is -2.09. The van der Waals surface area contributed by atoms with Crippen molar-refractivity contribution in [1.82, 2.24) is 15.0 Å². The minimum atomic E-state index is 0.432. The maximum absolute atomic E-state index is 5.63. The SMILES string of the molecule is Cc1cc(-n2nncc2CN)cc(C)c1Br. The summed E-state index contributed by atoms with van der Waals surface area (Å²) in [5, 5.41) is 7.91. The van der Waals surface area contributed by atoms with Crippen LogP contribution in [0.4, 0.5) is 0 Å². The van der Waals surface area contributed by atoms with Gasteiger partial charge in [-0.05, 0) is 37.1 Å². The Bertz CT molecular complexity index is 495. The standard InChI is InChI=1S/C11H13BrN4/c1-7-3-9(4-8(2)11(7)12)16-10(5-13)6-14-15-16/h3-4,6H,5,13H2,1-2H3. The number of benzene rings is 1. The van der Waals surface area contributed by atoms with E-state index in [9.17, 15) is 0 Å². The smallest absolute Gasteiger partial charge is 0.0781 e. The van der Waals surface area contributed by atoms with Gasteiger partial charge >= 0.3 is 0 Å². The first kappa shape index (κ1) is 11.3. The van der Waals surface area contributed by atoms with E-state index < -0.39 is 0 Å². The molecule has 1 aromatic carbocycles. The number of nitrogens with zero attached hydrogens (tertiary/aromatic N) is 3. The predicted molar refractivity (Wildman–Crippen MR) is 66.4 cm³/mol. The Hall–Kier alpha value is -1.20. The average Bonchev–Trinajstić information content (AvgIpc) is 2.73. The first-order chi connectivity index (χ1) is 7.63. The number of aryl methyl sites for hydroxylation is 2. The second-order valence-electron chi connectivity index (χ2n) is 3.73. The number of hydrogen-bond acceptors (Lipinski definition) is 3. The van der Waals surface area contributed by atoms with Crippen LogP contribution in [-0.2, 0) is 6.54 Å². The third-order valence-corrected chi connectivity index (χ3v) is 3.75. The third kappa shape index (κ3) is 1.88. The van der Waals surface area contributed by atoms with Crippen LogP contribution in [0.15, 0.2) is 22.8 Å². The van der Waals surface area contributed by atoms with E-state index >= 15 is 0 Å². The molecule has 0 atom stereocenters. The Morgan fingerprint density at radius 3 is 2.50 bits per heavy atom. The zero-order valence-electron chi connectivity index (χ0n) is 9.24. The van der Waals surface area contributed by atoms with E-state index in [1.165, 1.54) is 11.1 Å². The molecule has 0 aliphatic rings. The zero-order chi connectivity index (χ0) is 11.7. The molecule has 0 saturated heterocycles. The molecule has 0 amide bonds. The number of aromatic nitrogens is 3. The molecule has 4 nitrogen and oxygen atoms in total. The van der Waals surface area contributed by atoms with Crippen LogP contribution in [-0.4, -0.2) is 15.0 Å². The lowest BCUT2D eigenvalue weighted by Crippen LogP contribution is -2.07. The number of halogens is 1. The molecule has 2 aromatic rings. The summed E-state index contributed by atoms with van der Waals surface area (Å²) in [4.78, 5) is 0. The van der Waals surface area contributed by atoms with Crippen molar-refractivity contribution in [3.05, 3.63) is 39.6 Å². The molecule has 2 rings (SSSR count). The first-order valence-corrected chi connectivity index (χ1v) is 5.79. The monoisotopic (exact) mass is 280 g/mol. The molecule has 1 aromatic heterocycles. The molecular weight excluding hydrogens is 268 g/mol. The van der Waals surface area contributed by atoms with Crippen molar-refractivity contribution < 1.29 is 0 Å². The molecule has 1 heterocycles. The Morgan fingerprint density at radius 1 is 1.31 bits per heavy atom. The van der Waals surface area contributed by atoms with Crippen molar-refractivity contribution in [2.45, 2.75) is 20.4 Å². The van der Waals surface area contributed by atoms with Crippen molar-refractivity contribution in [3.8, 4) is 5.69 Å². The molecule has 84 valence electrons. The maximum Gasteiger partial charge on any atom is 0.0781 e. The highest BCUT2D eigenvalue weighted by molar-refractivity contribution is 9.10. The minimum absolute atomic E-state index is 0.432. The Balaban J connectivity index is 2.57. The molecule has 0 unspecified atom stereocenters. The van der Waals surface area contributed by atoms with Crippen LogP contribution in [0.3, 0.4) is 0 Å². The van der Waals surface area contributed by atoms with Crippen molar-refractivity contribution in [2.75, 3.05) is 0 Å². The van der Waals surface area contributed by atoms with Crippen molar-refractivity contribution >= 4 is 15.9 Å². The van der Waals surface area contributed by atoms with Crippen LogP contribution in [0.2, 0.25) is 0 Å². The predicted octanol–water partition coefficient (Wildman–Crippen LogP) is 2.11.